The minimum absolute atomic E-state index is 0.219. The van der Waals surface area contributed by atoms with E-state index in [1.54, 1.807) is 13.8 Å². The summed E-state index contributed by atoms with van der Waals surface area (Å²) in [6.45, 7) is 6.88. The van der Waals surface area contributed by atoms with Crippen LogP contribution in [0.1, 0.15) is 80.0 Å². The fourth-order valence-corrected chi connectivity index (χ4v) is 6.98. The minimum Gasteiger partial charge on any atom is -0.462 e. The van der Waals surface area contributed by atoms with E-state index < -0.39 is 11.9 Å². The predicted octanol–water partition coefficient (Wildman–Crippen LogP) is 9.18. The van der Waals surface area contributed by atoms with Crippen LogP contribution in [0, 0.1) is 0 Å². The van der Waals surface area contributed by atoms with Crippen molar-refractivity contribution < 1.29 is 19.1 Å². The van der Waals surface area contributed by atoms with E-state index in [1.807, 2.05) is 24.3 Å². The van der Waals surface area contributed by atoms with Crippen molar-refractivity contribution in [3.8, 4) is 21.1 Å². The summed E-state index contributed by atoms with van der Waals surface area (Å²) < 4.78 is 15.0. The maximum Gasteiger partial charge on any atom is 0.341 e. The lowest BCUT2D eigenvalue weighted by molar-refractivity contribution is 0.0481. The van der Waals surface area contributed by atoms with E-state index >= 15 is 0 Å². The van der Waals surface area contributed by atoms with Gasteiger partial charge < -0.3 is 14.0 Å². The first-order valence-electron chi connectivity index (χ1n) is 12.0. The number of aromatic nitrogens is 1. The Balaban J connectivity index is 2.24. The van der Waals surface area contributed by atoms with Crippen molar-refractivity contribution in [1.29, 1.82) is 0 Å². The summed E-state index contributed by atoms with van der Waals surface area (Å²) in [5.41, 5.74) is 2.00. The summed E-state index contributed by atoms with van der Waals surface area (Å²) in [4.78, 5) is 28.5. The Bertz CT molecular complexity index is 1070. The van der Waals surface area contributed by atoms with E-state index in [1.165, 1.54) is 48.4 Å². The summed E-state index contributed by atoms with van der Waals surface area (Å²) in [6.07, 6.45) is 6.87. The molecule has 0 saturated heterocycles. The van der Waals surface area contributed by atoms with Gasteiger partial charge in [-0.1, -0.05) is 39.0 Å². The molecule has 3 aromatic heterocycles. The Labute approximate surface area is 232 Å². The van der Waals surface area contributed by atoms with Gasteiger partial charge in [0, 0.05) is 6.54 Å². The number of halogens is 2. The molecule has 35 heavy (non-hydrogen) atoms. The van der Waals surface area contributed by atoms with Gasteiger partial charge in [-0.15, -0.1) is 22.7 Å². The minimum atomic E-state index is -0.506. The molecule has 0 fully saturated rings. The van der Waals surface area contributed by atoms with Gasteiger partial charge in [0.1, 0.15) is 11.1 Å². The van der Waals surface area contributed by atoms with Gasteiger partial charge in [0.05, 0.1) is 41.9 Å². The molecule has 0 saturated carbocycles. The zero-order chi connectivity index (χ0) is 25.4. The molecule has 0 aliphatic rings. The van der Waals surface area contributed by atoms with Gasteiger partial charge in [-0.2, -0.15) is 0 Å². The third kappa shape index (κ3) is 6.87. The molecular formula is C26H31Br2NO4S2. The molecule has 0 aliphatic carbocycles. The fourth-order valence-electron chi connectivity index (χ4n) is 4.09. The second kappa shape index (κ2) is 13.8. The first-order valence-corrected chi connectivity index (χ1v) is 15.3. The van der Waals surface area contributed by atoms with Crippen LogP contribution >= 0.6 is 54.5 Å². The molecule has 0 bridgehead atoms. The highest BCUT2D eigenvalue weighted by atomic mass is 79.9. The van der Waals surface area contributed by atoms with Crippen LogP contribution in [0.5, 0.6) is 0 Å². The number of thiophene rings is 2. The molecule has 190 valence electrons. The van der Waals surface area contributed by atoms with Crippen molar-refractivity contribution in [3.63, 3.8) is 0 Å². The molecule has 0 unspecified atom stereocenters. The Morgan fingerprint density at radius 3 is 1.60 bits per heavy atom. The number of ether oxygens (including phenoxy) is 2. The number of unbranched alkanes of at least 4 members (excludes halogenated alkanes) is 5. The van der Waals surface area contributed by atoms with E-state index in [2.05, 4.69) is 43.4 Å². The quantitative estimate of drug-likeness (QED) is 0.137. The topological polar surface area (TPSA) is 57.5 Å². The summed E-state index contributed by atoms with van der Waals surface area (Å²) in [6, 6.07) is 7.88. The molecule has 0 N–H and O–H groups in total. The van der Waals surface area contributed by atoms with Gasteiger partial charge >= 0.3 is 11.9 Å². The Morgan fingerprint density at radius 2 is 1.20 bits per heavy atom. The lowest BCUT2D eigenvalue weighted by Crippen LogP contribution is -2.13. The smallest absolute Gasteiger partial charge is 0.341 e. The van der Waals surface area contributed by atoms with Crippen LogP contribution in [0.3, 0.4) is 0 Å². The predicted molar refractivity (Wildman–Crippen MR) is 152 cm³/mol. The standard InChI is InChI=1S/C26H31Br2NO4S2/c1-4-7-8-9-10-11-16-29-23(17-12-14-19(27)34-17)21(25(30)32-5-2)22(26(31)33-6-3)24(29)18-13-15-20(28)35-18/h12-15H,4-11,16H2,1-3H3. The summed E-state index contributed by atoms with van der Waals surface area (Å²) in [7, 11) is 0. The number of nitrogens with zero attached hydrogens (tertiary/aromatic N) is 1. The highest BCUT2D eigenvalue weighted by molar-refractivity contribution is 9.11. The molecular weight excluding hydrogens is 614 g/mol. The summed E-state index contributed by atoms with van der Waals surface area (Å²) >= 11 is 10.2. The zero-order valence-corrected chi connectivity index (χ0v) is 25.1. The molecule has 0 aliphatic heterocycles. The number of rotatable bonds is 13. The SMILES string of the molecule is CCCCCCCCn1c(-c2ccc(Br)s2)c(C(=O)OCC)c(C(=O)OCC)c1-c1ccc(Br)s1. The number of esters is 2. The molecule has 3 heterocycles. The van der Waals surface area contributed by atoms with Crippen LogP contribution in [0.15, 0.2) is 31.8 Å². The third-order valence-corrected chi connectivity index (χ3v) is 8.83. The molecule has 3 rings (SSSR count). The van der Waals surface area contributed by atoms with Crippen LogP contribution in [-0.2, 0) is 16.0 Å². The van der Waals surface area contributed by atoms with Crippen molar-refractivity contribution in [1.82, 2.24) is 4.57 Å². The Morgan fingerprint density at radius 1 is 0.743 bits per heavy atom. The van der Waals surface area contributed by atoms with Crippen molar-refractivity contribution >= 4 is 66.5 Å². The molecule has 9 heteroatoms. The van der Waals surface area contributed by atoms with Crippen molar-refractivity contribution in [2.24, 2.45) is 0 Å². The lowest BCUT2D eigenvalue weighted by Gasteiger charge is -2.13. The fraction of sp³-hybridized carbons (Fsp3) is 0.462. The van der Waals surface area contributed by atoms with Gasteiger partial charge in [-0.3, -0.25) is 0 Å². The molecule has 0 radical (unpaired) electrons. The van der Waals surface area contributed by atoms with Gasteiger partial charge in [0.2, 0.25) is 0 Å². The Hall–Kier alpha value is -1.42. The van der Waals surface area contributed by atoms with Crippen molar-refractivity contribution in [2.75, 3.05) is 13.2 Å². The zero-order valence-electron chi connectivity index (χ0n) is 20.3. The van der Waals surface area contributed by atoms with Crippen LogP contribution < -0.4 is 0 Å². The van der Waals surface area contributed by atoms with Gasteiger partial charge in [-0.05, 0) is 76.4 Å². The van der Waals surface area contributed by atoms with Gasteiger partial charge in [0.25, 0.3) is 0 Å². The largest absolute Gasteiger partial charge is 0.462 e. The monoisotopic (exact) mass is 643 g/mol. The van der Waals surface area contributed by atoms with E-state index in [0.717, 1.165) is 41.6 Å². The van der Waals surface area contributed by atoms with Crippen LogP contribution in [0.25, 0.3) is 21.1 Å². The van der Waals surface area contributed by atoms with Crippen molar-refractivity contribution in [3.05, 3.63) is 43.0 Å². The second-order valence-corrected chi connectivity index (χ2v) is 12.9. The molecule has 5 nitrogen and oxygen atoms in total. The first kappa shape index (κ1) is 28.2. The number of carbonyl (C=O) groups is 2. The summed E-state index contributed by atoms with van der Waals surface area (Å²) in [5.74, 6) is -1.01. The number of hydrogen-bond donors (Lipinski definition) is 0. The van der Waals surface area contributed by atoms with Gasteiger partial charge in [0.15, 0.2) is 0 Å². The van der Waals surface area contributed by atoms with Crippen LogP contribution in [-0.4, -0.2) is 29.7 Å². The highest BCUT2D eigenvalue weighted by Crippen LogP contribution is 2.44. The number of carbonyl (C=O) groups excluding carboxylic acids is 2. The number of hydrogen-bond acceptors (Lipinski definition) is 6. The molecule has 3 aromatic rings. The van der Waals surface area contributed by atoms with E-state index in [-0.39, 0.29) is 24.3 Å². The van der Waals surface area contributed by atoms with E-state index in [4.69, 9.17) is 9.47 Å². The first-order chi connectivity index (χ1) is 16.9. The molecule has 0 atom stereocenters. The average molecular weight is 645 g/mol. The average Bonchev–Trinajstić information content (AvgIpc) is 3.53. The van der Waals surface area contributed by atoms with Crippen LogP contribution in [0.2, 0.25) is 0 Å². The van der Waals surface area contributed by atoms with Crippen LogP contribution in [0.4, 0.5) is 0 Å². The van der Waals surface area contributed by atoms with E-state index in [9.17, 15) is 9.59 Å². The molecule has 0 spiro atoms. The molecule has 0 amide bonds. The normalized spacial score (nSPS) is 11.1. The highest BCUT2D eigenvalue weighted by Gasteiger charge is 2.35. The maximum atomic E-state index is 13.4. The summed E-state index contributed by atoms with van der Waals surface area (Å²) in [5, 5.41) is 0. The maximum absolute atomic E-state index is 13.4. The van der Waals surface area contributed by atoms with Crippen molar-refractivity contribution in [2.45, 2.75) is 65.8 Å². The molecule has 0 aromatic carbocycles. The second-order valence-electron chi connectivity index (χ2n) is 8.02. The van der Waals surface area contributed by atoms with Gasteiger partial charge in [-0.25, -0.2) is 9.59 Å². The lowest BCUT2D eigenvalue weighted by atomic mass is 10.1. The van der Waals surface area contributed by atoms with E-state index in [0.29, 0.717) is 6.54 Å². The Kier molecular flexibility index (Phi) is 11.1. The third-order valence-electron chi connectivity index (χ3n) is 5.57.